The molecule has 12 heteroatoms. The number of amides is 1. The fourth-order valence-electron chi connectivity index (χ4n) is 2.71. The lowest BCUT2D eigenvalue weighted by atomic mass is 10.3. The van der Waals surface area contributed by atoms with E-state index < -0.39 is 34.9 Å². The fourth-order valence-corrected chi connectivity index (χ4v) is 3.74. The van der Waals surface area contributed by atoms with E-state index >= 15 is 0 Å². The van der Waals surface area contributed by atoms with Crippen LogP contribution in [0, 0.1) is 17.0 Å². The first kappa shape index (κ1) is 22.6. The molecule has 1 N–H and O–H groups in total. The number of nitro groups is 1. The smallest absolute Gasteiger partial charge is 0.323 e. The van der Waals surface area contributed by atoms with Crippen molar-refractivity contribution in [3.63, 3.8) is 0 Å². The number of para-hydroxylation sites is 1. The lowest BCUT2D eigenvalue weighted by Gasteiger charge is -2.11. The van der Waals surface area contributed by atoms with Gasteiger partial charge in [0.05, 0.1) is 10.6 Å². The number of carbonyl (C=O) groups excluding carboxylic acids is 1. The molecule has 0 saturated heterocycles. The summed E-state index contributed by atoms with van der Waals surface area (Å²) in [6.07, 6.45) is -5.02. The molecule has 2 aromatic carbocycles. The maximum absolute atomic E-state index is 13.1. The number of hydrogen-bond donors (Lipinski definition) is 1. The van der Waals surface area contributed by atoms with E-state index in [1.54, 1.807) is 48.5 Å². The molecule has 0 aliphatic rings. The van der Waals surface area contributed by atoms with Crippen molar-refractivity contribution in [2.24, 2.45) is 0 Å². The van der Waals surface area contributed by atoms with Crippen molar-refractivity contribution < 1.29 is 22.9 Å². The van der Waals surface area contributed by atoms with Crippen LogP contribution < -0.4 is 5.32 Å². The number of nitrogens with one attached hydrogen (secondary N) is 1. The normalized spacial score (nSPS) is 11.4. The number of nitrogens with zero attached hydrogens (tertiary/aromatic N) is 3. The molecule has 1 heterocycles. The van der Waals surface area contributed by atoms with E-state index in [9.17, 15) is 28.1 Å². The van der Waals surface area contributed by atoms with Crippen molar-refractivity contribution in [2.75, 3.05) is 5.32 Å². The van der Waals surface area contributed by atoms with Gasteiger partial charge in [0.2, 0.25) is 11.6 Å². The molecule has 0 radical (unpaired) electrons. The number of rotatable bonds is 6. The Labute approximate surface area is 183 Å². The first-order chi connectivity index (χ1) is 14.6. The molecule has 162 valence electrons. The summed E-state index contributed by atoms with van der Waals surface area (Å²) in [6.45, 7) is 0.487. The van der Waals surface area contributed by atoms with Gasteiger partial charge in [-0.25, -0.2) is 0 Å². The molecule has 0 unspecified atom stereocenters. The van der Waals surface area contributed by atoms with Crippen molar-refractivity contribution in [3.8, 4) is 0 Å². The van der Waals surface area contributed by atoms with Crippen LogP contribution >= 0.6 is 23.4 Å². The van der Waals surface area contributed by atoms with E-state index in [0.29, 0.717) is 20.3 Å². The van der Waals surface area contributed by atoms with E-state index in [4.69, 9.17) is 11.6 Å². The first-order valence-corrected chi connectivity index (χ1v) is 9.87. The van der Waals surface area contributed by atoms with Crippen molar-refractivity contribution >= 4 is 40.6 Å². The summed E-state index contributed by atoms with van der Waals surface area (Å²) in [5, 5.41) is 17.5. The number of alkyl halides is 3. The Morgan fingerprint density at radius 2 is 1.87 bits per heavy atom. The summed E-state index contributed by atoms with van der Waals surface area (Å²) in [7, 11) is 0. The topological polar surface area (TPSA) is 90.1 Å². The second-order valence-electron chi connectivity index (χ2n) is 6.30. The van der Waals surface area contributed by atoms with E-state index in [0.717, 1.165) is 11.8 Å². The van der Waals surface area contributed by atoms with Gasteiger partial charge in [-0.05, 0) is 43.3 Å². The van der Waals surface area contributed by atoms with Crippen molar-refractivity contribution in [1.29, 1.82) is 0 Å². The van der Waals surface area contributed by atoms with Crippen molar-refractivity contribution in [3.05, 3.63) is 75.1 Å². The highest BCUT2D eigenvalue weighted by Crippen LogP contribution is 2.37. The molecule has 1 amide bonds. The molecule has 0 saturated carbocycles. The van der Waals surface area contributed by atoms with Gasteiger partial charge in [-0.2, -0.15) is 18.3 Å². The van der Waals surface area contributed by atoms with Gasteiger partial charge >= 0.3 is 11.9 Å². The molecule has 0 bridgehead atoms. The molecule has 3 aromatic rings. The zero-order valence-corrected chi connectivity index (χ0v) is 17.4. The average Bonchev–Trinajstić information content (AvgIpc) is 3.02. The highest BCUT2D eigenvalue weighted by molar-refractivity contribution is 7.99. The second-order valence-corrected chi connectivity index (χ2v) is 7.85. The zero-order chi connectivity index (χ0) is 22.8. The van der Waals surface area contributed by atoms with Crippen molar-refractivity contribution in [1.82, 2.24) is 9.78 Å². The Bertz CT molecular complexity index is 1130. The molecule has 7 nitrogen and oxygen atoms in total. The minimum Gasteiger partial charge on any atom is -0.323 e. The maximum atomic E-state index is 13.1. The number of carbonyl (C=O) groups is 1. The Balaban J connectivity index is 1.81. The maximum Gasteiger partial charge on any atom is 0.442 e. The van der Waals surface area contributed by atoms with Crippen LogP contribution in [0.15, 0.2) is 58.3 Å². The van der Waals surface area contributed by atoms with Gasteiger partial charge in [-0.15, -0.1) is 0 Å². The first-order valence-electron chi connectivity index (χ1n) is 8.67. The number of benzene rings is 2. The van der Waals surface area contributed by atoms with Crippen LogP contribution in [-0.4, -0.2) is 20.6 Å². The average molecular weight is 471 g/mol. The SMILES string of the molecule is Cc1c([N+](=O)[O-])c(C(F)(F)F)nn1CC(=O)Nc1ccccc1Sc1ccc(Cl)cc1. The van der Waals surface area contributed by atoms with Crippen LogP contribution in [0.4, 0.5) is 24.5 Å². The molecule has 0 atom stereocenters. The van der Waals surface area contributed by atoms with Crippen LogP contribution in [0.5, 0.6) is 0 Å². The van der Waals surface area contributed by atoms with Gasteiger partial charge in [-0.3, -0.25) is 19.6 Å². The second kappa shape index (κ2) is 8.98. The third-order valence-corrected chi connectivity index (χ3v) is 5.46. The fraction of sp³-hybridized carbons (Fsp3) is 0.158. The summed E-state index contributed by atoms with van der Waals surface area (Å²) in [4.78, 5) is 23.9. The minimum absolute atomic E-state index is 0.365. The van der Waals surface area contributed by atoms with Crippen molar-refractivity contribution in [2.45, 2.75) is 29.4 Å². The highest BCUT2D eigenvalue weighted by Gasteiger charge is 2.44. The molecule has 0 spiro atoms. The lowest BCUT2D eigenvalue weighted by Crippen LogP contribution is -2.21. The lowest BCUT2D eigenvalue weighted by molar-refractivity contribution is -0.388. The number of anilines is 1. The predicted octanol–water partition coefficient (Wildman–Crippen LogP) is 5.56. The van der Waals surface area contributed by atoms with Gasteiger partial charge in [0, 0.05) is 14.8 Å². The Morgan fingerprint density at radius 3 is 2.45 bits per heavy atom. The highest BCUT2D eigenvalue weighted by atomic mass is 35.5. The van der Waals surface area contributed by atoms with Crippen LogP contribution in [0.3, 0.4) is 0 Å². The van der Waals surface area contributed by atoms with Gasteiger partial charge in [0.25, 0.3) is 0 Å². The monoisotopic (exact) mass is 470 g/mol. The number of aromatic nitrogens is 2. The zero-order valence-electron chi connectivity index (χ0n) is 15.8. The molecule has 1 aromatic heterocycles. The van der Waals surface area contributed by atoms with E-state index in [1.165, 1.54) is 11.8 Å². The minimum atomic E-state index is -5.02. The summed E-state index contributed by atoms with van der Waals surface area (Å²) < 4.78 is 39.9. The quantitative estimate of drug-likeness (QED) is 0.376. The summed E-state index contributed by atoms with van der Waals surface area (Å²) >= 11 is 7.23. The van der Waals surface area contributed by atoms with E-state index in [-0.39, 0.29) is 5.69 Å². The number of hydrogen-bond acceptors (Lipinski definition) is 5. The largest absolute Gasteiger partial charge is 0.442 e. The summed E-state index contributed by atoms with van der Waals surface area (Å²) in [5.74, 6) is -0.682. The molecular weight excluding hydrogens is 457 g/mol. The Kier molecular flexibility index (Phi) is 6.56. The van der Waals surface area contributed by atoms with Gasteiger partial charge in [-0.1, -0.05) is 35.5 Å². The molecule has 0 aliphatic carbocycles. The van der Waals surface area contributed by atoms with E-state index in [1.807, 2.05) is 0 Å². The van der Waals surface area contributed by atoms with Crippen LogP contribution in [0.1, 0.15) is 11.4 Å². The van der Waals surface area contributed by atoms with Crippen LogP contribution in [0.2, 0.25) is 5.02 Å². The third-order valence-electron chi connectivity index (χ3n) is 4.12. The molecule has 31 heavy (non-hydrogen) atoms. The van der Waals surface area contributed by atoms with Gasteiger partial charge in [0.1, 0.15) is 12.2 Å². The summed E-state index contributed by atoms with van der Waals surface area (Å²) in [5.41, 5.74) is -2.74. The predicted molar refractivity (Wildman–Crippen MR) is 109 cm³/mol. The van der Waals surface area contributed by atoms with Gasteiger partial charge < -0.3 is 5.32 Å². The third kappa shape index (κ3) is 5.36. The number of halogens is 4. The Hall–Kier alpha value is -3.05. The standard InChI is InChI=1S/C19H14ClF3N4O3S/c1-11-17(27(29)30)18(19(21,22)23)25-26(11)10-16(28)24-14-4-2-3-5-15(14)31-13-8-6-12(20)7-9-13/h2-9H,10H2,1H3,(H,24,28). The van der Waals surface area contributed by atoms with Crippen LogP contribution in [-0.2, 0) is 17.5 Å². The van der Waals surface area contributed by atoms with Gasteiger partial charge in [0.15, 0.2) is 0 Å². The van der Waals surface area contributed by atoms with Crippen LogP contribution in [0.25, 0.3) is 0 Å². The molecule has 0 aliphatic heterocycles. The molecular formula is C19H14ClF3N4O3S. The molecule has 3 rings (SSSR count). The molecule has 0 fully saturated rings. The summed E-state index contributed by atoms with van der Waals surface area (Å²) in [6, 6.07) is 13.9. The van der Waals surface area contributed by atoms with E-state index in [2.05, 4.69) is 10.4 Å². The Morgan fingerprint density at radius 1 is 1.23 bits per heavy atom.